The van der Waals surface area contributed by atoms with E-state index in [1.54, 1.807) is 0 Å². The molecule has 0 bridgehead atoms. The van der Waals surface area contributed by atoms with Crippen molar-refractivity contribution in [2.45, 2.75) is 30.7 Å². The average molecular weight is 433 g/mol. The van der Waals surface area contributed by atoms with Crippen molar-refractivity contribution in [2.75, 3.05) is 16.9 Å². The number of amides is 2. The Hall–Kier alpha value is -3.21. The quantitative estimate of drug-likeness (QED) is 0.479. The van der Waals surface area contributed by atoms with Gasteiger partial charge in [-0.05, 0) is 42.5 Å². The lowest BCUT2D eigenvalue weighted by Gasteiger charge is -2.18. The van der Waals surface area contributed by atoms with E-state index in [9.17, 15) is 18.0 Å². The van der Waals surface area contributed by atoms with Crippen LogP contribution in [0.1, 0.15) is 30.6 Å². The number of nitrogens with zero attached hydrogens (tertiary/aromatic N) is 2. The Kier molecular flexibility index (Phi) is 5.42. The number of aromatic nitrogens is 2. The maximum atomic E-state index is 12.0. The Balaban J connectivity index is 1.90. The lowest BCUT2D eigenvalue weighted by Crippen LogP contribution is -2.41. The molecular weight excluding hydrogens is 408 g/mol. The highest BCUT2D eigenvalue weighted by molar-refractivity contribution is 7.90. The van der Waals surface area contributed by atoms with Crippen molar-refractivity contribution < 1.29 is 18.0 Å². The van der Waals surface area contributed by atoms with E-state index in [-0.39, 0.29) is 34.1 Å². The van der Waals surface area contributed by atoms with Crippen LogP contribution in [-0.4, -0.2) is 42.0 Å². The zero-order chi connectivity index (χ0) is 22.3. The molecule has 2 aromatic rings. The highest BCUT2D eigenvalue weighted by Crippen LogP contribution is 2.50. The molecule has 1 aliphatic rings. The summed E-state index contributed by atoms with van der Waals surface area (Å²) in [5.41, 5.74) is 10.6. The van der Waals surface area contributed by atoms with Gasteiger partial charge in [-0.1, -0.05) is 13.8 Å². The molecule has 1 aromatic heterocycles. The summed E-state index contributed by atoms with van der Waals surface area (Å²) in [6.45, 7) is 4.00. The van der Waals surface area contributed by atoms with Gasteiger partial charge in [0.1, 0.15) is 16.9 Å². The minimum absolute atomic E-state index is 0.0390. The molecule has 1 aliphatic carbocycles. The van der Waals surface area contributed by atoms with Crippen LogP contribution >= 0.6 is 0 Å². The Labute approximate surface area is 174 Å². The van der Waals surface area contributed by atoms with Crippen LogP contribution in [0.15, 0.2) is 35.4 Å². The van der Waals surface area contributed by atoms with E-state index in [0.717, 1.165) is 6.26 Å². The number of anilines is 3. The average Bonchev–Trinajstić information content (AvgIpc) is 3.37. The number of nitrogens with one attached hydrogen (secondary N) is 2. The molecule has 1 aromatic carbocycles. The molecule has 0 radical (unpaired) electrons. The normalized spacial score (nSPS) is 20.6. The van der Waals surface area contributed by atoms with Gasteiger partial charge in [-0.3, -0.25) is 9.59 Å². The number of carbonyl (C=O) groups is 2. The van der Waals surface area contributed by atoms with Crippen LogP contribution in [0.5, 0.6) is 0 Å². The summed E-state index contributed by atoms with van der Waals surface area (Å²) < 4.78 is 23.2. The van der Waals surface area contributed by atoms with Crippen molar-refractivity contribution >= 4 is 39.1 Å². The zero-order valence-corrected chi connectivity index (χ0v) is 17.7. The van der Waals surface area contributed by atoms with Gasteiger partial charge in [-0.2, -0.15) is 4.98 Å². The first-order valence-electron chi connectivity index (χ1n) is 9.26. The summed E-state index contributed by atoms with van der Waals surface area (Å²) in [4.78, 5) is 32.4. The lowest BCUT2D eigenvalue weighted by molar-refractivity contribution is -0.120. The minimum atomic E-state index is -3.34. The number of benzene rings is 1. The first kappa shape index (κ1) is 21.5. The molecule has 0 aliphatic heterocycles. The number of sulfone groups is 1. The number of nitrogens with two attached hydrogens (primary N) is 2. The van der Waals surface area contributed by atoms with E-state index in [4.69, 9.17) is 11.5 Å². The number of carbonyl (C=O) groups excluding carboxylic acids is 2. The summed E-state index contributed by atoms with van der Waals surface area (Å²) in [7, 11) is -3.34. The van der Waals surface area contributed by atoms with E-state index in [2.05, 4.69) is 20.6 Å². The van der Waals surface area contributed by atoms with Gasteiger partial charge in [-0.15, -0.1) is 0 Å². The van der Waals surface area contributed by atoms with Crippen LogP contribution < -0.4 is 22.1 Å². The maximum Gasteiger partial charge on any atom is 0.254 e. The molecule has 1 unspecified atom stereocenters. The third-order valence-corrected chi connectivity index (χ3v) is 6.32. The van der Waals surface area contributed by atoms with Crippen molar-refractivity contribution in [3.8, 4) is 0 Å². The standard InChI is InChI=1S/C19H24N6O4S/c1-10(2)14-8-19(14,17(21)27)25-18-22-9-13(15(20)26)16(24-18)23-11-4-6-12(7-5-11)30(3,28)29/h4-7,9-10,14H,8H2,1-3H3,(H2,20,26)(H2,21,27)(H2,22,23,24,25)/t14-,19?/m1/s1. The van der Waals surface area contributed by atoms with Crippen LogP contribution in [0, 0.1) is 11.8 Å². The predicted octanol–water partition coefficient (Wildman–Crippen LogP) is 1.03. The molecule has 0 spiro atoms. The second kappa shape index (κ2) is 7.56. The van der Waals surface area contributed by atoms with Gasteiger partial charge in [0, 0.05) is 18.1 Å². The van der Waals surface area contributed by atoms with Crippen molar-refractivity contribution in [1.29, 1.82) is 0 Å². The topological polar surface area (TPSA) is 170 Å². The molecule has 2 amide bonds. The molecule has 6 N–H and O–H groups in total. The molecule has 30 heavy (non-hydrogen) atoms. The Morgan fingerprint density at radius 3 is 2.30 bits per heavy atom. The van der Waals surface area contributed by atoms with Gasteiger partial charge < -0.3 is 22.1 Å². The fourth-order valence-electron chi connectivity index (χ4n) is 3.42. The van der Waals surface area contributed by atoms with E-state index in [1.807, 2.05) is 13.8 Å². The molecule has 160 valence electrons. The zero-order valence-electron chi connectivity index (χ0n) is 16.8. The van der Waals surface area contributed by atoms with Crippen LogP contribution in [0.3, 0.4) is 0 Å². The second-order valence-corrected chi connectivity index (χ2v) is 9.77. The molecule has 0 saturated heterocycles. The summed E-state index contributed by atoms with van der Waals surface area (Å²) in [6, 6.07) is 5.94. The molecule has 2 atom stereocenters. The van der Waals surface area contributed by atoms with Crippen LogP contribution in [0.25, 0.3) is 0 Å². The minimum Gasteiger partial charge on any atom is -0.368 e. The third kappa shape index (κ3) is 4.20. The predicted molar refractivity (Wildman–Crippen MR) is 112 cm³/mol. The van der Waals surface area contributed by atoms with Gasteiger partial charge in [-0.25, -0.2) is 13.4 Å². The largest absolute Gasteiger partial charge is 0.368 e. The monoisotopic (exact) mass is 432 g/mol. The van der Waals surface area contributed by atoms with Crippen molar-refractivity contribution in [1.82, 2.24) is 9.97 Å². The third-order valence-electron chi connectivity index (χ3n) is 5.19. The molecule has 11 heteroatoms. The molecular formula is C19H24N6O4S. The van der Waals surface area contributed by atoms with Gasteiger partial charge in [0.2, 0.25) is 11.9 Å². The van der Waals surface area contributed by atoms with Crippen molar-refractivity contribution in [2.24, 2.45) is 23.3 Å². The second-order valence-electron chi connectivity index (χ2n) is 7.76. The summed E-state index contributed by atoms with van der Waals surface area (Å²) in [5, 5.41) is 5.95. The van der Waals surface area contributed by atoms with E-state index in [1.165, 1.54) is 30.5 Å². The van der Waals surface area contributed by atoms with E-state index in [0.29, 0.717) is 12.1 Å². The highest BCUT2D eigenvalue weighted by atomic mass is 32.2. The van der Waals surface area contributed by atoms with Gasteiger partial charge in [0.15, 0.2) is 9.84 Å². The first-order valence-corrected chi connectivity index (χ1v) is 11.2. The Morgan fingerprint density at radius 2 is 1.83 bits per heavy atom. The highest BCUT2D eigenvalue weighted by Gasteiger charge is 2.60. The number of primary amides is 2. The van der Waals surface area contributed by atoms with Gasteiger partial charge >= 0.3 is 0 Å². The smallest absolute Gasteiger partial charge is 0.254 e. The van der Waals surface area contributed by atoms with E-state index >= 15 is 0 Å². The molecule has 1 heterocycles. The summed E-state index contributed by atoms with van der Waals surface area (Å²) >= 11 is 0. The van der Waals surface area contributed by atoms with Crippen LogP contribution in [-0.2, 0) is 14.6 Å². The number of rotatable bonds is 8. The first-order chi connectivity index (χ1) is 13.9. The van der Waals surface area contributed by atoms with Crippen molar-refractivity contribution in [3.05, 3.63) is 36.0 Å². The van der Waals surface area contributed by atoms with Crippen LogP contribution in [0.4, 0.5) is 17.5 Å². The van der Waals surface area contributed by atoms with Crippen LogP contribution in [0.2, 0.25) is 0 Å². The van der Waals surface area contributed by atoms with Gasteiger partial charge in [0.05, 0.1) is 4.90 Å². The Morgan fingerprint density at radius 1 is 1.20 bits per heavy atom. The fraction of sp³-hybridized carbons (Fsp3) is 0.368. The number of hydrogen-bond donors (Lipinski definition) is 4. The SMILES string of the molecule is CC(C)[C@H]1CC1(Nc1ncc(C(N)=O)c(Nc2ccc(S(C)(=O)=O)cc2)n1)C(N)=O. The fourth-order valence-corrected chi connectivity index (χ4v) is 4.05. The van der Waals surface area contributed by atoms with E-state index < -0.39 is 27.2 Å². The lowest BCUT2D eigenvalue weighted by atomic mass is 10.0. The maximum absolute atomic E-state index is 12.0. The number of hydrogen-bond acceptors (Lipinski definition) is 8. The summed E-state index contributed by atoms with van der Waals surface area (Å²) in [5.74, 6) is -0.705. The van der Waals surface area contributed by atoms with Gasteiger partial charge in [0.25, 0.3) is 5.91 Å². The Bertz CT molecular complexity index is 1100. The molecule has 1 saturated carbocycles. The van der Waals surface area contributed by atoms with Crippen molar-refractivity contribution in [3.63, 3.8) is 0 Å². The molecule has 10 nitrogen and oxygen atoms in total. The summed E-state index contributed by atoms with van der Waals surface area (Å²) in [6.07, 6.45) is 2.93. The molecule has 3 rings (SSSR count). The molecule has 1 fully saturated rings.